The van der Waals surface area contributed by atoms with Crippen LogP contribution in [0.15, 0.2) is 35.9 Å². The minimum atomic E-state index is -0.560. The number of benzene rings is 1. The van der Waals surface area contributed by atoms with Crippen LogP contribution in [0.1, 0.15) is 26.7 Å². The van der Waals surface area contributed by atoms with E-state index in [1.54, 1.807) is 18.2 Å². The maximum absolute atomic E-state index is 13.4. The van der Waals surface area contributed by atoms with Crippen LogP contribution in [-0.2, 0) is 4.74 Å². The molecule has 0 radical (unpaired) electrons. The molecule has 1 fully saturated rings. The fourth-order valence-corrected chi connectivity index (χ4v) is 4.08. The van der Waals surface area contributed by atoms with Gasteiger partial charge in [-0.3, -0.25) is 0 Å². The van der Waals surface area contributed by atoms with Gasteiger partial charge in [0.2, 0.25) is 0 Å². The molecule has 5 heteroatoms. The molecule has 0 heterocycles. The highest BCUT2D eigenvalue weighted by atomic mass is 19.1. The lowest BCUT2D eigenvalue weighted by atomic mass is 9.49. The van der Waals surface area contributed by atoms with Crippen LogP contribution in [0.3, 0.4) is 0 Å². The molecule has 0 aliphatic heterocycles. The Morgan fingerprint density at radius 2 is 2.15 bits per heavy atom. The molecule has 0 aromatic heterocycles. The molecule has 3 atom stereocenters. The van der Waals surface area contributed by atoms with Crippen molar-refractivity contribution in [1.29, 1.82) is 0 Å². The highest BCUT2D eigenvalue weighted by Crippen LogP contribution is 2.59. The van der Waals surface area contributed by atoms with Gasteiger partial charge in [0.15, 0.2) is 11.6 Å². The van der Waals surface area contributed by atoms with Crippen molar-refractivity contribution in [3.8, 4) is 5.75 Å². The molecular weight excluding hydrogens is 333 g/mol. The molecule has 26 heavy (non-hydrogen) atoms. The normalized spacial score (nSPS) is 24.5. The van der Waals surface area contributed by atoms with Crippen molar-refractivity contribution < 1.29 is 19.0 Å². The van der Waals surface area contributed by atoms with Gasteiger partial charge in [0.25, 0.3) is 0 Å². The maximum Gasteiger partial charge on any atom is 0.165 e. The Labute approximate surface area is 155 Å². The third kappa shape index (κ3) is 4.45. The summed E-state index contributed by atoms with van der Waals surface area (Å²) in [6.07, 6.45) is 4.21. The van der Waals surface area contributed by atoms with Gasteiger partial charge in [0.1, 0.15) is 6.61 Å². The Balaban J connectivity index is 1.25. The Bertz CT molecular complexity index is 631. The first-order valence-corrected chi connectivity index (χ1v) is 9.51. The third-order valence-corrected chi connectivity index (χ3v) is 5.91. The second-order valence-corrected chi connectivity index (χ2v) is 7.97. The number of hydrogen-bond donors (Lipinski definition) is 2. The standard InChI is InChI=1S/C21H30FNO3/c1-21(2)16-8-7-15(18(21)11-16)13-25-14-17(24)12-23-9-10-26-20-6-4-3-5-19(20)22/h3-7,16-18,23-24H,8-14H2,1-2H3/t16-,17+,18+/m0/s1. The SMILES string of the molecule is CC1(C)[C@H]2CC=C(COC[C@H](O)CNCCOc3ccccc3F)[C@H]1C2. The van der Waals surface area contributed by atoms with Crippen LogP contribution in [0.25, 0.3) is 0 Å². The molecule has 1 saturated carbocycles. The van der Waals surface area contributed by atoms with E-state index in [9.17, 15) is 9.50 Å². The number of hydrogen-bond acceptors (Lipinski definition) is 4. The van der Waals surface area contributed by atoms with E-state index in [1.807, 2.05) is 0 Å². The average Bonchev–Trinajstić information content (AvgIpc) is 2.63. The van der Waals surface area contributed by atoms with E-state index in [4.69, 9.17) is 9.47 Å². The van der Waals surface area contributed by atoms with Crippen LogP contribution in [0.5, 0.6) is 5.75 Å². The number of aliphatic hydroxyl groups is 1. The second kappa shape index (κ2) is 8.51. The smallest absolute Gasteiger partial charge is 0.165 e. The monoisotopic (exact) mass is 363 g/mol. The lowest BCUT2D eigenvalue weighted by Crippen LogP contribution is -2.48. The first-order valence-electron chi connectivity index (χ1n) is 9.51. The van der Waals surface area contributed by atoms with Gasteiger partial charge in [-0.15, -0.1) is 0 Å². The van der Waals surface area contributed by atoms with Gasteiger partial charge in [-0.05, 0) is 47.8 Å². The summed E-state index contributed by atoms with van der Waals surface area (Å²) in [6, 6.07) is 6.34. The van der Waals surface area contributed by atoms with E-state index in [0.29, 0.717) is 44.2 Å². The molecule has 4 rings (SSSR count). The maximum atomic E-state index is 13.4. The molecule has 1 aromatic rings. The number of ether oxygens (including phenoxy) is 2. The Kier molecular flexibility index (Phi) is 6.33. The number of para-hydroxylation sites is 1. The van der Waals surface area contributed by atoms with E-state index < -0.39 is 6.10 Å². The largest absolute Gasteiger partial charge is 0.489 e. The van der Waals surface area contributed by atoms with E-state index in [1.165, 1.54) is 18.1 Å². The lowest BCUT2D eigenvalue weighted by Gasteiger charge is -2.56. The predicted octanol–water partition coefficient (Wildman–Crippen LogP) is 3.16. The van der Waals surface area contributed by atoms with Crippen molar-refractivity contribution in [3.05, 3.63) is 41.7 Å². The van der Waals surface area contributed by atoms with Crippen LogP contribution < -0.4 is 10.1 Å². The molecule has 0 saturated heterocycles. The van der Waals surface area contributed by atoms with Crippen LogP contribution in [0.2, 0.25) is 0 Å². The highest BCUT2D eigenvalue weighted by Gasteiger charge is 2.50. The lowest BCUT2D eigenvalue weighted by molar-refractivity contribution is -0.0235. The van der Waals surface area contributed by atoms with Crippen molar-refractivity contribution in [2.24, 2.45) is 17.3 Å². The van der Waals surface area contributed by atoms with Crippen molar-refractivity contribution in [1.82, 2.24) is 5.32 Å². The Hall–Kier alpha value is -1.43. The zero-order chi connectivity index (χ0) is 18.6. The van der Waals surface area contributed by atoms with Gasteiger partial charge in [0.05, 0.1) is 19.3 Å². The summed E-state index contributed by atoms with van der Waals surface area (Å²) in [4.78, 5) is 0. The minimum absolute atomic E-state index is 0.250. The predicted molar refractivity (Wildman–Crippen MR) is 99.7 cm³/mol. The van der Waals surface area contributed by atoms with Crippen LogP contribution >= 0.6 is 0 Å². The van der Waals surface area contributed by atoms with Gasteiger partial charge in [0, 0.05) is 13.1 Å². The fourth-order valence-electron chi connectivity index (χ4n) is 4.08. The summed E-state index contributed by atoms with van der Waals surface area (Å²) in [5.41, 5.74) is 1.81. The van der Waals surface area contributed by atoms with E-state index in [2.05, 4.69) is 25.2 Å². The molecule has 2 bridgehead atoms. The molecule has 3 aliphatic carbocycles. The number of fused-ring (bicyclic) bond motifs is 1. The van der Waals surface area contributed by atoms with Crippen molar-refractivity contribution >= 4 is 0 Å². The summed E-state index contributed by atoms with van der Waals surface area (Å²) >= 11 is 0. The number of rotatable bonds is 10. The molecule has 0 spiro atoms. The minimum Gasteiger partial charge on any atom is -0.489 e. The molecule has 144 valence electrons. The molecule has 0 unspecified atom stereocenters. The molecule has 0 amide bonds. The van der Waals surface area contributed by atoms with Crippen LogP contribution in [0.4, 0.5) is 4.39 Å². The Morgan fingerprint density at radius 1 is 1.35 bits per heavy atom. The van der Waals surface area contributed by atoms with E-state index in [-0.39, 0.29) is 11.6 Å². The summed E-state index contributed by atoms with van der Waals surface area (Å²) in [7, 11) is 0. The van der Waals surface area contributed by atoms with Crippen molar-refractivity contribution in [3.63, 3.8) is 0 Å². The zero-order valence-electron chi connectivity index (χ0n) is 15.7. The van der Waals surface area contributed by atoms with E-state index in [0.717, 1.165) is 12.3 Å². The van der Waals surface area contributed by atoms with Gasteiger partial charge < -0.3 is 19.9 Å². The first kappa shape index (κ1) is 19.3. The quantitative estimate of drug-likeness (QED) is 0.495. The third-order valence-electron chi connectivity index (χ3n) is 5.91. The Morgan fingerprint density at radius 3 is 2.88 bits per heavy atom. The first-order chi connectivity index (χ1) is 12.5. The number of aliphatic hydroxyl groups excluding tert-OH is 1. The van der Waals surface area contributed by atoms with Gasteiger partial charge in [-0.1, -0.05) is 32.1 Å². The summed E-state index contributed by atoms with van der Waals surface area (Å²) in [6.45, 7) is 6.94. The summed E-state index contributed by atoms with van der Waals surface area (Å²) < 4.78 is 24.5. The summed E-state index contributed by atoms with van der Waals surface area (Å²) in [5.74, 6) is 1.36. The fraction of sp³-hybridized carbons (Fsp3) is 0.619. The van der Waals surface area contributed by atoms with Crippen molar-refractivity contribution in [2.45, 2.75) is 32.8 Å². The van der Waals surface area contributed by atoms with Gasteiger partial charge >= 0.3 is 0 Å². The van der Waals surface area contributed by atoms with Gasteiger partial charge in [-0.25, -0.2) is 4.39 Å². The number of allylic oxidation sites excluding steroid dienone is 1. The van der Waals surface area contributed by atoms with Crippen LogP contribution in [-0.4, -0.2) is 44.1 Å². The molecule has 1 aromatic carbocycles. The molecule has 4 nitrogen and oxygen atoms in total. The highest BCUT2D eigenvalue weighted by molar-refractivity contribution is 5.24. The summed E-state index contributed by atoms with van der Waals surface area (Å²) in [5, 5.41) is 13.1. The second-order valence-electron chi connectivity index (χ2n) is 7.97. The van der Waals surface area contributed by atoms with Crippen LogP contribution in [0, 0.1) is 23.1 Å². The zero-order valence-corrected chi connectivity index (χ0v) is 15.7. The molecule has 2 N–H and O–H groups in total. The van der Waals surface area contributed by atoms with Crippen molar-refractivity contribution in [2.75, 3.05) is 32.9 Å². The molecule has 3 aliphatic rings. The number of halogens is 1. The van der Waals surface area contributed by atoms with E-state index >= 15 is 0 Å². The number of nitrogens with one attached hydrogen (secondary N) is 1. The topological polar surface area (TPSA) is 50.7 Å². The average molecular weight is 363 g/mol. The van der Waals surface area contributed by atoms with Gasteiger partial charge in [-0.2, -0.15) is 0 Å². The molecular formula is C21H30FNO3.